The summed E-state index contributed by atoms with van der Waals surface area (Å²) < 4.78 is 10.4. The van der Waals surface area contributed by atoms with Crippen LogP contribution in [0.4, 0.5) is 0 Å². The van der Waals surface area contributed by atoms with E-state index in [9.17, 15) is 5.11 Å². The molecule has 1 aromatic rings. The standard InChI is InChI=1S/C13H19ClO3S/c1-10(7-16-2)17-8-12(15)9-18-13-5-3-4-11(14)6-13/h3-6,10,12,15H,7-9H2,1-2H3. The van der Waals surface area contributed by atoms with Gasteiger partial charge in [-0.15, -0.1) is 11.8 Å². The summed E-state index contributed by atoms with van der Waals surface area (Å²) in [5, 5.41) is 10.5. The van der Waals surface area contributed by atoms with Crippen LogP contribution in [0.5, 0.6) is 0 Å². The molecule has 18 heavy (non-hydrogen) atoms. The lowest BCUT2D eigenvalue weighted by molar-refractivity contribution is -0.0257. The molecule has 0 aromatic heterocycles. The molecule has 0 aliphatic carbocycles. The van der Waals surface area contributed by atoms with Gasteiger partial charge in [-0.3, -0.25) is 0 Å². The van der Waals surface area contributed by atoms with E-state index < -0.39 is 6.10 Å². The molecule has 5 heteroatoms. The molecule has 2 unspecified atom stereocenters. The zero-order valence-electron chi connectivity index (χ0n) is 10.6. The molecule has 102 valence electrons. The molecule has 0 heterocycles. The summed E-state index contributed by atoms with van der Waals surface area (Å²) in [6.45, 7) is 2.77. The zero-order valence-corrected chi connectivity index (χ0v) is 12.2. The Kier molecular flexibility index (Phi) is 7.70. The molecule has 1 N–H and O–H groups in total. The summed E-state index contributed by atoms with van der Waals surface area (Å²) in [6.07, 6.45) is -0.492. The van der Waals surface area contributed by atoms with E-state index in [1.807, 2.05) is 31.2 Å². The molecule has 0 saturated carbocycles. The first-order chi connectivity index (χ1) is 8.61. The Morgan fingerprint density at radius 1 is 1.39 bits per heavy atom. The SMILES string of the molecule is COCC(C)OCC(O)CSc1cccc(Cl)c1. The summed E-state index contributed by atoms with van der Waals surface area (Å²) in [5.74, 6) is 0.583. The van der Waals surface area contributed by atoms with Crippen LogP contribution >= 0.6 is 23.4 Å². The van der Waals surface area contributed by atoms with Gasteiger partial charge in [-0.25, -0.2) is 0 Å². The normalized spacial score (nSPS) is 14.4. The van der Waals surface area contributed by atoms with Crippen LogP contribution in [0, 0.1) is 0 Å². The van der Waals surface area contributed by atoms with Crippen LogP contribution in [0.3, 0.4) is 0 Å². The number of benzene rings is 1. The van der Waals surface area contributed by atoms with Gasteiger partial charge in [0.2, 0.25) is 0 Å². The van der Waals surface area contributed by atoms with Crippen LogP contribution in [0.25, 0.3) is 0 Å². The second kappa shape index (κ2) is 8.77. The van der Waals surface area contributed by atoms with Gasteiger partial charge in [-0.2, -0.15) is 0 Å². The fraction of sp³-hybridized carbons (Fsp3) is 0.538. The summed E-state index contributed by atoms with van der Waals surface area (Å²) in [7, 11) is 1.63. The number of aliphatic hydroxyl groups is 1. The number of thioether (sulfide) groups is 1. The Morgan fingerprint density at radius 2 is 2.17 bits per heavy atom. The van der Waals surface area contributed by atoms with Gasteiger partial charge < -0.3 is 14.6 Å². The van der Waals surface area contributed by atoms with E-state index in [0.717, 1.165) is 4.90 Å². The number of hydrogen-bond acceptors (Lipinski definition) is 4. The number of methoxy groups -OCH3 is 1. The van der Waals surface area contributed by atoms with Crippen molar-refractivity contribution in [2.45, 2.75) is 24.0 Å². The lowest BCUT2D eigenvalue weighted by Crippen LogP contribution is -2.24. The Hall–Kier alpha value is -0.260. The first-order valence-electron chi connectivity index (χ1n) is 5.78. The molecule has 1 aromatic carbocycles. The fourth-order valence-corrected chi connectivity index (χ4v) is 2.48. The maximum atomic E-state index is 9.78. The summed E-state index contributed by atoms with van der Waals surface area (Å²) in [4.78, 5) is 1.05. The number of halogens is 1. The molecular formula is C13H19ClO3S. The van der Waals surface area contributed by atoms with Gasteiger partial charge in [0.05, 0.1) is 25.4 Å². The predicted octanol–water partition coefficient (Wildman–Crippen LogP) is 2.84. The van der Waals surface area contributed by atoms with E-state index in [1.54, 1.807) is 18.9 Å². The molecule has 0 saturated heterocycles. The monoisotopic (exact) mass is 290 g/mol. The van der Waals surface area contributed by atoms with Crippen LogP contribution < -0.4 is 0 Å². The second-order valence-electron chi connectivity index (χ2n) is 4.02. The van der Waals surface area contributed by atoms with Gasteiger partial charge in [0.1, 0.15) is 0 Å². The molecule has 0 aliphatic rings. The summed E-state index contributed by atoms with van der Waals surface area (Å²) >= 11 is 7.45. The topological polar surface area (TPSA) is 38.7 Å². The molecule has 3 nitrogen and oxygen atoms in total. The Balaban J connectivity index is 2.22. The maximum absolute atomic E-state index is 9.78. The number of rotatable bonds is 8. The van der Waals surface area contributed by atoms with Crippen molar-refractivity contribution in [3.05, 3.63) is 29.3 Å². The van der Waals surface area contributed by atoms with E-state index in [1.165, 1.54) is 0 Å². The van der Waals surface area contributed by atoms with Crippen molar-refractivity contribution in [3.8, 4) is 0 Å². The maximum Gasteiger partial charge on any atom is 0.0867 e. The molecule has 1 rings (SSSR count). The highest BCUT2D eigenvalue weighted by Crippen LogP contribution is 2.22. The van der Waals surface area contributed by atoms with Gasteiger partial charge in [-0.1, -0.05) is 17.7 Å². The summed E-state index contributed by atoms with van der Waals surface area (Å²) in [6, 6.07) is 7.58. The predicted molar refractivity (Wildman–Crippen MR) is 75.5 cm³/mol. The first-order valence-corrected chi connectivity index (χ1v) is 7.15. The van der Waals surface area contributed by atoms with Gasteiger partial charge in [0.25, 0.3) is 0 Å². The largest absolute Gasteiger partial charge is 0.390 e. The van der Waals surface area contributed by atoms with Gasteiger partial charge in [0.15, 0.2) is 0 Å². The average Bonchev–Trinajstić information content (AvgIpc) is 2.34. The minimum atomic E-state index is -0.492. The number of hydrogen-bond donors (Lipinski definition) is 1. The number of aliphatic hydroxyl groups excluding tert-OH is 1. The molecule has 0 radical (unpaired) electrons. The highest BCUT2D eigenvalue weighted by molar-refractivity contribution is 7.99. The van der Waals surface area contributed by atoms with Crippen molar-refractivity contribution in [2.24, 2.45) is 0 Å². The second-order valence-corrected chi connectivity index (χ2v) is 5.55. The molecule has 0 fully saturated rings. The van der Waals surface area contributed by atoms with Crippen LogP contribution in [-0.4, -0.2) is 43.4 Å². The van der Waals surface area contributed by atoms with Crippen molar-refractivity contribution in [1.82, 2.24) is 0 Å². The van der Waals surface area contributed by atoms with Gasteiger partial charge >= 0.3 is 0 Å². The van der Waals surface area contributed by atoms with Crippen LogP contribution in [-0.2, 0) is 9.47 Å². The molecule has 0 spiro atoms. The molecule has 2 atom stereocenters. The third kappa shape index (κ3) is 6.61. The van der Waals surface area contributed by atoms with Gasteiger partial charge in [-0.05, 0) is 25.1 Å². The third-order valence-corrected chi connectivity index (χ3v) is 3.59. The van der Waals surface area contributed by atoms with Crippen LogP contribution in [0.15, 0.2) is 29.2 Å². The van der Waals surface area contributed by atoms with Crippen molar-refractivity contribution >= 4 is 23.4 Å². The molecule has 0 bridgehead atoms. The van der Waals surface area contributed by atoms with E-state index in [2.05, 4.69) is 0 Å². The smallest absolute Gasteiger partial charge is 0.0867 e. The quantitative estimate of drug-likeness (QED) is 0.747. The minimum absolute atomic E-state index is 0.000759. The zero-order chi connectivity index (χ0) is 13.4. The lowest BCUT2D eigenvalue weighted by Gasteiger charge is -2.15. The minimum Gasteiger partial charge on any atom is -0.390 e. The lowest BCUT2D eigenvalue weighted by atomic mass is 10.4. The fourth-order valence-electron chi connectivity index (χ4n) is 1.36. The Morgan fingerprint density at radius 3 is 2.83 bits per heavy atom. The Bertz CT molecular complexity index is 349. The van der Waals surface area contributed by atoms with Crippen LogP contribution in [0.2, 0.25) is 5.02 Å². The Labute approximate surface area is 117 Å². The van der Waals surface area contributed by atoms with Crippen molar-refractivity contribution in [2.75, 3.05) is 26.1 Å². The average molecular weight is 291 g/mol. The van der Waals surface area contributed by atoms with Crippen LogP contribution in [0.1, 0.15) is 6.92 Å². The van der Waals surface area contributed by atoms with Crippen molar-refractivity contribution in [3.63, 3.8) is 0 Å². The molecule has 0 aliphatic heterocycles. The van der Waals surface area contributed by atoms with E-state index in [0.29, 0.717) is 24.0 Å². The summed E-state index contributed by atoms with van der Waals surface area (Å²) in [5.41, 5.74) is 0. The molecule has 0 amide bonds. The van der Waals surface area contributed by atoms with E-state index in [4.69, 9.17) is 21.1 Å². The number of ether oxygens (including phenoxy) is 2. The molecular weight excluding hydrogens is 272 g/mol. The third-order valence-electron chi connectivity index (χ3n) is 2.21. The van der Waals surface area contributed by atoms with E-state index >= 15 is 0 Å². The highest BCUT2D eigenvalue weighted by atomic mass is 35.5. The van der Waals surface area contributed by atoms with Gasteiger partial charge in [0, 0.05) is 22.8 Å². The van der Waals surface area contributed by atoms with Crippen molar-refractivity contribution in [1.29, 1.82) is 0 Å². The van der Waals surface area contributed by atoms with Crippen molar-refractivity contribution < 1.29 is 14.6 Å². The first kappa shape index (κ1) is 15.8. The van der Waals surface area contributed by atoms with E-state index in [-0.39, 0.29) is 6.10 Å². The highest BCUT2D eigenvalue weighted by Gasteiger charge is 2.08.